The van der Waals surface area contributed by atoms with Gasteiger partial charge in [-0.25, -0.2) is 4.39 Å². The van der Waals surface area contributed by atoms with Gasteiger partial charge >= 0.3 is 0 Å². The molecule has 2 atom stereocenters. The molecule has 1 N–H and O–H groups in total. The summed E-state index contributed by atoms with van der Waals surface area (Å²) >= 11 is 3.17. The van der Waals surface area contributed by atoms with Crippen molar-refractivity contribution in [3.63, 3.8) is 0 Å². The molecule has 20 heavy (non-hydrogen) atoms. The summed E-state index contributed by atoms with van der Waals surface area (Å²) in [6, 6.07) is 4.72. The Morgan fingerprint density at radius 3 is 2.90 bits per heavy atom. The number of hydrogen-bond donors (Lipinski definition) is 1. The van der Waals surface area contributed by atoms with E-state index >= 15 is 0 Å². The van der Waals surface area contributed by atoms with Crippen molar-refractivity contribution in [2.45, 2.75) is 38.6 Å². The summed E-state index contributed by atoms with van der Waals surface area (Å²) in [6.07, 6.45) is 4.54. The molecule has 0 heterocycles. The number of hydrogen-bond acceptors (Lipinski definition) is 2. The Morgan fingerprint density at radius 2 is 2.20 bits per heavy atom. The fourth-order valence-electron chi connectivity index (χ4n) is 2.51. The van der Waals surface area contributed by atoms with Crippen molar-refractivity contribution in [3.8, 4) is 5.75 Å². The van der Waals surface area contributed by atoms with Crippen LogP contribution in [0.4, 0.5) is 4.39 Å². The van der Waals surface area contributed by atoms with Crippen LogP contribution in [0.1, 0.15) is 32.6 Å². The highest BCUT2D eigenvalue weighted by Gasteiger charge is 2.22. The number of carbonyl (C=O) groups excluding carboxylic acids is 1. The van der Waals surface area contributed by atoms with Crippen LogP contribution in [0.3, 0.4) is 0 Å². The van der Waals surface area contributed by atoms with E-state index < -0.39 is 5.82 Å². The minimum atomic E-state index is -0.474. The Hall–Kier alpha value is -1.10. The second-order valence-electron chi connectivity index (χ2n) is 5.30. The van der Waals surface area contributed by atoms with Crippen LogP contribution in [0.5, 0.6) is 5.75 Å². The Morgan fingerprint density at radius 1 is 1.45 bits per heavy atom. The predicted octanol–water partition coefficient (Wildman–Crippen LogP) is 3.66. The van der Waals surface area contributed by atoms with E-state index in [1.165, 1.54) is 18.6 Å². The summed E-state index contributed by atoms with van der Waals surface area (Å²) in [5.74, 6) is -0.0681. The van der Waals surface area contributed by atoms with Crippen molar-refractivity contribution in [2.75, 3.05) is 6.61 Å². The molecule has 0 aromatic heterocycles. The highest BCUT2D eigenvalue weighted by Crippen LogP contribution is 2.24. The third-order valence-corrected chi connectivity index (χ3v) is 4.20. The van der Waals surface area contributed by atoms with Gasteiger partial charge in [0.1, 0.15) is 0 Å². The highest BCUT2D eigenvalue weighted by atomic mass is 79.9. The van der Waals surface area contributed by atoms with Crippen LogP contribution in [-0.4, -0.2) is 18.6 Å². The minimum Gasteiger partial charge on any atom is -0.481 e. The molecule has 1 aromatic rings. The van der Waals surface area contributed by atoms with Gasteiger partial charge < -0.3 is 10.1 Å². The third kappa shape index (κ3) is 4.20. The Bertz CT molecular complexity index is 481. The van der Waals surface area contributed by atoms with E-state index in [4.69, 9.17) is 4.74 Å². The van der Waals surface area contributed by atoms with Crippen LogP contribution in [0.15, 0.2) is 22.7 Å². The molecule has 2 rings (SSSR count). The molecule has 0 unspecified atom stereocenters. The first kappa shape index (κ1) is 15.3. The SMILES string of the molecule is C[C@H]1CCCC[C@H]1NC(=O)COc1ccc(Br)cc1F. The second-order valence-corrected chi connectivity index (χ2v) is 6.21. The first-order valence-electron chi connectivity index (χ1n) is 6.93. The first-order chi connectivity index (χ1) is 9.56. The lowest BCUT2D eigenvalue weighted by Crippen LogP contribution is -2.43. The van der Waals surface area contributed by atoms with Crippen LogP contribution in [0, 0.1) is 11.7 Å². The highest BCUT2D eigenvalue weighted by molar-refractivity contribution is 9.10. The van der Waals surface area contributed by atoms with Gasteiger partial charge in [0.25, 0.3) is 5.91 Å². The summed E-state index contributed by atoms with van der Waals surface area (Å²) in [5.41, 5.74) is 0. The summed E-state index contributed by atoms with van der Waals surface area (Å²) < 4.78 is 19.4. The average Bonchev–Trinajstić information content (AvgIpc) is 2.40. The lowest BCUT2D eigenvalue weighted by Gasteiger charge is -2.29. The van der Waals surface area contributed by atoms with Gasteiger partial charge in [0, 0.05) is 10.5 Å². The molecule has 3 nitrogen and oxygen atoms in total. The van der Waals surface area contributed by atoms with Gasteiger partial charge in [-0.05, 0) is 37.0 Å². The zero-order chi connectivity index (χ0) is 14.5. The Kier molecular flexibility index (Phi) is 5.40. The quantitative estimate of drug-likeness (QED) is 0.905. The normalized spacial score (nSPS) is 22.4. The molecule has 0 saturated heterocycles. The lowest BCUT2D eigenvalue weighted by molar-refractivity contribution is -0.124. The fourth-order valence-corrected chi connectivity index (χ4v) is 2.85. The average molecular weight is 344 g/mol. The molecule has 0 aliphatic heterocycles. The van der Waals surface area contributed by atoms with E-state index in [1.54, 1.807) is 6.07 Å². The standard InChI is InChI=1S/C15H19BrFNO2/c1-10-4-2-3-5-13(10)18-15(19)9-20-14-7-6-11(16)8-12(14)17/h6-8,10,13H,2-5,9H2,1H3,(H,18,19)/t10-,13+/m0/s1. The van der Waals surface area contributed by atoms with E-state index in [1.807, 2.05) is 0 Å². The van der Waals surface area contributed by atoms with Crippen molar-refractivity contribution >= 4 is 21.8 Å². The van der Waals surface area contributed by atoms with E-state index in [-0.39, 0.29) is 24.3 Å². The molecule has 1 aliphatic rings. The van der Waals surface area contributed by atoms with Gasteiger partial charge in [-0.15, -0.1) is 0 Å². The number of nitrogens with one attached hydrogen (secondary N) is 1. The maximum Gasteiger partial charge on any atom is 0.258 e. The molecule has 1 fully saturated rings. The summed E-state index contributed by atoms with van der Waals surface area (Å²) in [5, 5.41) is 2.97. The largest absolute Gasteiger partial charge is 0.481 e. The van der Waals surface area contributed by atoms with Crippen molar-refractivity contribution < 1.29 is 13.9 Å². The second kappa shape index (κ2) is 7.07. The maximum atomic E-state index is 13.5. The fraction of sp³-hybridized carbons (Fsp3) is 0.533. The minimum absolute atomic E-state index is 0.0973. The molecule has 0 spiro atoms. The predicted molar refractivity (Wildman–Crippen MR) is 79.2 cm³/mol. The van der Waals surface area contributed by atoms with Gasteiger partial charge in [0.15, 0.2) is 18.2 Å². The van der Waals surface area contributed by atoms with E-state index in [0.717, 1.165) is 19.3 Å². The number of ether oxygens (including phenoxy) is 1. The molecule has 0 radical (unpaired) electrons. The zero-order valence-corrected chi connectivity index (χ0v) is 13.1. The van der Waals surface area contributed by atoms with Crippen molar-refractivity contribution in [3.05, 3.63) is 28.5 Å². The molecule has 1 amide bonds. The Labute approximate surface area is 127 Å². The monoisotopic (exact) mass is 343 g/mol. The zero-order valence-electron chi connectivity index (χ0n) is 11.5. The van der Waals surface area contributed by atoms with Gasteiger partial charge in [-0.1, -0.05) is 35.7 Å². The third-order valence-electron chi connectivity index (χ3n) is 3.71. The first-order valence-corrected chi connectivity index (χ1v) is 7.73. The number of amides is 1. The smallest absolute Gasteiger partial charge is 0.258 e. The van der Waals surface area contributed by atoms with Crippen LogP contribution in [0.25, 0.3) is 0 Å². The van der Waals surface area contributed by atoms with Crippen molar-refractivity contribution in [1.82, 2.24) is 5.32 Å². The molecule has 1 aliphatic carbocycles. The van der Waals surface area contributed by atoms with Crippen LogP contribution < -0.4 is 10.1 Å². The molecule has 0 bridgehead atoms. The van der Waals surface area contributed by atoms with Gasteiger partial charge in [0.05, 0.1) is 0 Å². The molecular weight excluding hydrogens is 325 g/mol. The molecule has 110 valence electrons. The molecule has 1 saturated carbocycles. The van der Waals surface area contributed by atoms with Crippen LogP contribution in [-0.2, 0) is 4.79 Å². The van der Waals surface area contributed by atoms with E-state index in [2.05, 4.69) is 28.2 Å². The van der Waals surface area contributed by atoms with E-state index in [9.17, 15) is 9.18 Å². The lowest BCUT2D eigenvalue weighted by atomic mass is 9.86. The van der Waals surface area contributed by atoms with Crippen molar-refractivity contribution in [2.24, 2.45) is 5.92 Å². The summed E-state index contributed by atoms with van der Waals surface area (Å²) in [6.45, 7) is 2.00. The number of benzene rings is 1. The molecule has 1 aromatic carbocycles. The van der Waals surface area contributed by atoms with E-state index in [0.29, 0.717) is 10.4 Å². The van der Waals surface area contributed by atoms with Gasteiger partial charge in [-0.2, -0.15) is 0 Å². The van der Waals surface area contributed by atoms with Crippen LogP contribution >= 0.6 is 15.9 Å². The van der Waals surface area contributed by atoms with Gasteiger partial charge in [0.2, 0.25) is 0 Å². The molecule has 5 heteroatoms. The summed E-state index contributed by atoms with van der Waals surface area (Å²) in [7, 11) is 0. The maximum absolute atomic E-state index is 13.5. The topological polar surface area (TPSA) is 38.3 Å². The molecular formula is C15H19BrFNO2. The summed E-state index contributed by atoms with van der Waals surface area (Å²) in [4.78, 5) is 11.8. The van der Waals surface area contributed by atoms with Crippen molar-refractivity contribution in [1.29, 1.82) is 0 Å². The number of halogens is 2. The Balaban J connectivity index is 1.82. The number of rotatable bonds is 4. The van der Waals surface area contributed by atoms with Crippen LogP contribution in [0.2, 0.25) is 0 Å². The number of carbonyl (C=O) groups is 1. The van der Waals surface area contributed by atoms with Gasteiger partial charge in [-0.3, -0.25) is 4.79 Å².